The van der Waals surface area contributed by atoms with Gasteiger partial charge in [-0.2, -0.15) is 0 Å². The normalized spacial score (nSPS) is 10.9. The van der Waals surface area contributed by atoms with Gasteiger partial charge >= 0.3 is 5.97 Å². The lowest BCUT2D eigenvalue weighted by atomic mass is 10.0. The van der Waals surface area contributed by atoms with Crippen molar-refractivity contribution in [1.82, 2.24) is 0 Å². The highest BCUT2D eigenvalue weighted by atomic mass is 16.5. The number of esters is 1. The number of benzene rings is 2. The van der Waals surface area contributed by atoms with E-state index in [0.29, 0.717) is 18.9 Å². The van der Waals surface area contributed by atoms with Crippen molar-refractivity contribution >= 4 is 16.7 Å². The molecular weight excluding hydrogens is 248 g/mol. The summed E-state index contributed by atoms with van der Waals surface area (Å²) in [5, 5.41) is 2.30. The van der Waals surface area contributed by atoms with Crippen LogP contribution in [0.5, 0.6) is 0 Å². The van der Waals surface area contributed by atoms with Gasteiger partial charge in [-0.3, -0.25) is 4.79 Å². The average Bonchev–Trinajstić information content (AvgIpc) is 2.49. The SMILES string of the molecule is CCC(CC)COC(=O)Cc1cccc2ccccc12. The molecule has 0 saturated carbocycles. The van der Waals surface area contributed by atoms with E-state index in [0.717, 1.165) is 29.2 Å². The van der Waals surface area contributed by atoms with Crippen molar-refractivity contribution in [2.45, 2.75) is 33.1 Å². The van der Waals surface area contributed by atoms with E-state index in [4.69, 9.17) is 4.74 Å². The summed E-state index contributed by atoms with van der Waals surface area (Å²) in [5.74, 6) is 0.347. The number of carbonyl (C=O) groups excluding carboxylic acids is 1. The summed E-state index contributed by atoms with van der Waals surface area (Å²) in [4.78, 5) is 12.0. The van der Waals surface area contributed by atoms with Crippen LogP contribution in [0.4, 0.5) is 0 Å². The highest BCUT2D eigenvalue weighted by Crippen LogP contribution is 2.19. The zero-order valence-corrected chi connectivity index (χ0v) is 12.3. The van der Waals surface area contributed by atoms with Crippen LogP contribution in [0.1, 0.15) is 32.3 Å². The minimum atomic E-state index is -0.131. The van der Waals surface area contributed by atoms with Gasteiger partial charge in [-0.1, -0.05) is 69.2 Å². The third-order valence-corrected chi connectivity index (χ3v) is 3.85. The molecule has 0 atom stereocenters. The first-order valence-electron chi connectivity index (χ1n) is 7.36. The van der Waals surface area contributed by atoms with Gasteiger partial charge < -0.3 is 4.74 Å². The van der Waals surface area contributed by atoms with Gasteiger partial charge in [0.1, 0.15) is 0 Å². The van der Waals surface area contributed by atoms with E-state index in [1.54, 1.807) is 0 Å². The first kappa shape index (κ1) is 14.6. The molecule has 0 amide bonds. The van der Waals surface area contributed by atoms with Crippen molar-refractivity contribution in [1.29, 1.82) is 0 Å². The lowest BCUT2D eigenvalue weighted by Gasteiger charge is -2.13. The molecule has 20 heavy (non-hydrogen) atoms. The van der Waals surface area contributed by atoms with E-state index in [1.807, 2.05) is 24.3 Å². The van der Waals surface area contributed by atoms with E-state index < -0.39 is 0 Å². The summed E-state index contributed by atoms with van der Waals surface area (Å²) >= 11 is 0. The smallest absolute Gasteiger partial charge is 0.310 e. The second-order valence-electron chi connectivity index (χ2n) is 5.18. The van der Waals surface area contributed by atoms with E-state index >= 15 is 0 Å². The average molecular weight is 270 g/mol. The Balaban J connectivity index is 2.03. The van der Waals surface area contributed by atoms with Gasteiger partial charge in [0.25, 0.3) is 0 Å². The second-order valence-corrected chi connectivity index (χ2v) is 5.18. The van der Waals surface area contributed by atoms with Gasteiger partial charge in [-0.15, -0.1) is 0 Å². The Morgan fingerprint density at radius 2 is 1.75 bits per heavy atom. The van der Waals surface area contributed by atoms with E-state index in [2.05, 4.69) is 32.0 Å². The van der Waals surface area contributed by atoms with Crippen LogP contribution in [-0.4, -0.2) is 12.6 Å². The molecule has 0 N–H and O–H groups in total. The van der Waals surface area contributed by atoms with Crippen LogP contribution < -0.4 is 0 Å². The lowest BCUT2D eigenvalue weighted by molar-refractivity contribution is -0.144. The Morgan fingerprint density at radius 3 is 2.50 bits per heavy atom. The molecule has 0 aliphatic rings. The summed E-state index contributed by atoms with van der Waals surface area (Å²) in [5.41, 5.74) is 1.04. The molecule has 2 aromatic rings. The van der Waals surface area contributed by atoms with Gasteiger partial charge in [0, 0.05) is 0 Å². The molecule has 0 saturated heterocycles. The lowest BCUT2D eigenvalue weighted by Crippen LogP contribution is -2.15. The van der Waals surface area contributed by atoms with Crippen LogP contribution in [0.3, 0.4) is 0 Å². The molecule has 0 unspecified atom stereocenters. The van der Waals surface area contributed by atoms with Crippen LogP contribution in [-0.2, 0) is 16.0 Å². The first-order valence-corrected chi connectivity index (χ1v) is 7.36. The molecule has 2 aromatic carbocycles. The third kappa shape index (κ3) is 3.60. The Bertz CT molecular complexity index is 565. The standard InChI is InChI=1S/C18H22O2/c1-3-14(4-2)13-20-18(19)12-16-10-7-9-15-8-5-6-11-17(15)16/h5-11,14H,3-4,12-13H2,1-2H3. The maximum atomic E-state index is 12.0. The molecule has 0 radical (unpaired) electrons. The summed E-state index contributed by atoms with van der Waals surface area (Å²) in [7, 11) is 0. The number of hydrogen-bond donors (Lipinski definition) is 0. The molecule has 106 valence electrons. The number of rotatable bonds is 6. The number of hydrogen-bond acceptors (Lipinski definition) is 2. The fourth-order valence-electron chi connectivity index (χ4n) is 2.39. The minimum Gasteiger partial charge on any atom is -0.465 e. The first-order chi connectivity index (χ1) is 9.74. The topological polar surface area (TPSA) is 26.3 Å². The van der Waals surface area contributed by atoms with E-state index in [9.17, 15) is 4.79 Å². The van der Waals surface area contributed by atoms with Crippen LogP contribution >= 0.6 is 0 Å². The van der Waals surface area contributed by atoms with Crippen LogP contribution in [0.25, 0.3) is 10.8 Å². The Labute approximate surface area is 120 Å². The van der Waals surface area contributed by atoms with Crippen molar-refractivity contribution in [2.24, 2.45) is 5.92 Å². The Kier molecular flexibility index (Phi) is 5.16. The summed E-state index contributed by atoms with van der Waals surface area (Å²) < 4.78 is 5.40. The predicted octanol–water partition coefficient (Wildman–Crippen LogP) is 4.36. The zero-order chi connectivity index (χ0) is 14.4. The quantitative estimate of drug-likeness (QED) is 0.729. The molecule has 2 nitrogen and oxygen atoms in total. The van der Waals surface area contributed by atoms with Crippen molar-refractivity contribution in [3.8, 4) is 0 Å². The Morgan fingerprint density at radius 1 is 1.05 bits per heavy atom. The van der Waals surface area contributed by atoms with Crippen LogP contribution in [0, 0.1) is 5.92 Å². The maximum Gasteiger partial charge on any atom is 0.310 e. The van der Waals surface area contributed by atoms with Gasteiger partial charge in [-0.05, 0) is 22.3 Å². The summed E-state index contributed by atoms with van der Waals surface area (Å²) in [6.07, 6.45) is 2.46. The molecule has 0 aliphatic carbocycles. The molecule has 0 spiro atoms. The van der Waals surface area contributed by atoms with Gasteiger partial charge in [0.2, 0.25) is 0 Å². The molecule has 2 rings (SSSR count). The predicted molar refractivity (Wildman–Crippen MR) is 82.7 cm³/mol. The maximum absolute atomic E-state index is 12.0. The monoisotopic (exact) mass is 270 g/mol. The molecular formula is C18H22O2. The fourth-order valence-corrected chi connectivity index (χ4v) is 2.39. The van der Waals surface area contributed by atoms with Crippen molar-refractivity contribution in [2.75, 3.05) is 6.61 Å². The van der Waals surface area contributed by atoms with E-state index in [1.165, 1.54) is 0 Å². The molecule has 0 aromatic heterocycles. The molecule has 0 heterocycles. The highest BCUT2D eigenvalue weighted by Gasteiger charge is 2.10. The van der Waals surface area contributed by atoms with Crippen LogP contribution in [0.15, 0.2) is 42.5 Å². The van der Waals surface area contributed by atoms with Gasteiger partial charge in [-0.25, -0.2) is 0 Å². The fraction of sp³-hybridized carbons (Fsp3) is 0.389. The summed E-state index contributed by atoms with van der Waals surface area (Å²) in [6.45, 7) is 4.80. The molecule has 0 fully saturated rings. The number of ether oxygens (including phenoxy) is 1. The van der Waals surface area contributed by atoms with E-state index in [-0.39, 0.29) is 5.97 Å². The van der Waals surface area contributed by atoms with Gasteiger partial charge in [0.15, 0.2) is 0 Å². The number of fused-ring (bicyclic) bond motifs is 1. The van der Waals surface area contributed by atoms with Crippen LogP contribution in [0.2, 0.25) is 0 Å². The molecule has 2 heteroatoms. The number of carbonyl (C=O) groups is 1. The minimum absolute atomic E-state index is 0.131. The van der Waals surface area contributed by atoms with Gasteiger partial charge in [0.05, 0.1) is 13.0 Å². The second kappa shape index (κ2) is 7.09. The van der Waals surface area contributed by atoms with Crippen molar-refractivity contribution in [3.63, 3.8) is 0 Å². The Hall–Kier alpha value is -1.83. The van der Waals surface area contributed by atoms with Crippen molar-refractivity contribution < 1.29 is 9.53 Å². The van der Waals surface area contributed by atoms with Crippen molar-refractivity contribution in [3.05, 3.63) is 48.0 Å². The largest absolute Gasteiger partial charge is 0.465 e. The highest BCUT2D eigenvalue weighted by molar-refractivity contribution is 5.88. The molecule has 0 bridgehead atoms. The summed E-state index contributed by atoms with van der Waals surface area (Å²) in [6, 6.07) is 14.2. The third-order valence-electron chi connectivity index (χ3n) is 3.85. The molecule has 0 aliphatic heterocycles. The zero-order valence-electron chi connectivity index (χ0n) is 12.3.